The lowest BCUT2D eigenvalue weighted by atomic mass is 10.0. The molecule has 0 saturated carbocycles. The van der Waals surface area contributed by atoms with E-state index in [9.17, 15) is 5.11 Å². The largest absolute Gasteiger partial charge is 0.503 e. The molecule has 1 aromatic carbocycles. The van der Waals surface area contributed by atoms with Crippen molar-refractivity contribution in [2.45, 2.75) is 25.8 Å². The average molecular weight is 300 g/mol. The van der Waals surface area contributed by atoms with E-state index in [-0.39, 0.29) is 11.8 Å². The van der Waals surface area contributed by atoms with Crippen LogP contribution < -0.4 is 10.5 Å². The van der Waals surface area contributed by atoms with Crippen LogP contribution in [0.5, 0.6) is 11.5 Å². The predicted molar refractivity (Wildman–Crippen MR) is 73.3 cm³/mol. The van der Waals surface area contributed by atoms with E-state index in [1.54, 1.807) is 6.07 Å². The Kier molecular flexibility index (Phi) is 5.51. The molecule has 0 unspecified atom stereocenters. The van der Waals surface area contributed by atoms with Crippen LogP contribution in [-0.2, 0) is 0 Å². The van der Waals surface area contributed by atoms with Gasteiger partial charge in [0, 0.05) is 6.04 Å². The molecule has 1 aromatic rings. The quantitative estimate of drug-likeness (QED) is 0.790. The normalized spacial score (nSPS) is 12.2. The smallest absolute Gasteiger partial charge is 0.172 e. The molecule has 0 aromatic heterocycles. The SMILES string of the molecule is C=CCC[C@@H](N)c1cc(Br)c(O)c(OCC)c1. The lowest BCUT2D eigenvalue weighted by Crippen LogP contribution is -2.10. The second-order valence-corrected chi connectivity index (χ2v) is 4.61. The molecule has 0 aliphatic carbocycles. The lowest BCUT2D eigenvalue weighted by molar-refractivity contribution is 0.316. The van der Waals surface area contributed by atoms with Crippen LogP contribution in [0.3, 0.4) is 0 Å². The van der Waals surface area contributed by atoms with Crippen molar-refractivity contribution in [2.24, 2.45) is 5.73 Å². The molecular weight excluding hydrogens is 282 g/mol. The number of aromatic hydroxyl groups is 1. The Bertz CT molecular complexity index is 393. The number of ether oxygens (including phenoxy) is 1. The minimum absolute atomic E-state index is 0.0795. The van der Waals surface area contributed by atoms with E-state index >= 15 is 0 Å². The van der Waals surface area contributed by atoms with Crippen LogP contribution >= 0.6 is 15.9 Å². The molecule has 1 rings (SSSR count). The van der Waals surface area contributed by atoms with Gasteiger partial charge in [0.2, 0.25) is 0 Å². The van der Waals surface area contributed by atoms with Crippen LogP contribution in [0.2, 0.25) is 0 Å². The second-order valence-electron chi connectivity index (χ2n) is 3.76. The highest BCUT2D eigenvalue weighted by atomic mass is 79.9. The number of benzene rings is 1. The number of allylic oxidation sites excluding steroid dienone is 1. The van der Waals surface area contributed by atoms with Crippen molar-refractivity contribution < 1.29 is 9.84 Å². The molecule has 3 nitrogen and oxygen atoms in total. The minimum Gasteiger partial charge on any atom is -0.503 e. The summed E-state index contributed by atoms with van der Waals surface area (Å²) in [6, 6.07) is 3.53. The molecule has 0 bridgehead atoms. The van der Waals surface area contributed by atoms with E-state index in [1.807, 2.05) is 19.1 Å². The van der Waals surface area contributed by atoms with E-state index < -0.39 is 0 Å². The fourth-order valence-electron chi connectivity index (χ4n) is 1.54. The van der Waals surface area contributed by atoms with Crippen molar-refractivity contribution in [3.63, 3.8) is 0 Å². The Morgan fingerprint density at radius 2 is 2.29 bits per heavy atom. The predicted octanol–water partition coefficient (Wildman–Crippen LogP) is 3.52. The number of hydrogen-bond acceptors (Lipinski definition) is 3. The van der Waals surface area contributed by atoms with Gasteiger partial charge < -0.3 is 15.6 Å². The molecule has 3 N–H and O–H groups in total. The van der Waals surface area contributed by atoms with Crippen LogP contribution in [0.25, 0.3) is 0 Å². The highest BCUT2D eigenvalue weighted by molar-refractivity contribution is 9.10. The zero-order valence-corrected chi connectivity index (χ0v) is 11.5. The van der Waals surface area contributed by atoms with Crippen LogP contribution in [0.15, 0.2) is 29.3 Å². The summed E-state index contributed by atoms with van der Waals surface area (Å²) in [5.74, 6) is 0.581. The van der Waals surface area contributed by atoms with Gasteiger partial charge in [-0.05, 0) is 53.4 Å². The Morgan fingerprint density at radius 1 is 1.59 bits per heavy atom. The van der Waals surface area contributed by atoms with Crippen LogP contribution in [0.1, 0.15) is 31.4 Å². The average Bonchev–Trinajstić information content (AvgIpc) is 2.31. The van der Waals surface area contributed by atoms with Gasteiger partial charge >= 0.3 is 0 Å². The summed E-state index contributed by atoms with van der Waals surface area (Å²) in [5.41, 5.74) is 7.00. The van der Waals surface area contributed by atoms with E-state index in [0.29, 0.717) is 16.8 Å². The fourth-order valence-corrected chi connectivity index (χ4v) is 2.00. The molecule has 0 fully saturated rings. The number of hydrogen-bond donors (Lipinski definition) is 2. The maximum absolute atomic E-state index is 9.78. The molecule has 0 amide bonds. The van der Waals surface area contributed by atoms with Gasteiger partial charge in [0.05, 0.1) is 11.1 Å². The topological polar surface area (TPSA) is 55.5 Å². The van der Waals surface area contributed by atoms with Crippen molar-refractivity contribution in [3.8, 4) is 11.5 Å². The first-order valence-corrected chi connectivity index (χ1v) is 6.41. The zero-order valence-electron chi connectivity index (χ0n) is 9.95. The molecule has 0 aliphatic rings. The number of nitrogens with two attached hydrogens (primary N) is 1. The van der Waals surface area contributed by atoms with E-state index in [0.717, 1.165) is 18.4 Å². The van der Waals surface area contributed by atoms with E-state index in [2.05, 4.69) is 22.5 Å². The molecule has 4 heteroatoms. The Balaban J connectivity index is 2.96. The molecule has 0 saturated heterocycles. The molecular formula is C13H18BrNO2. The van der Waals surface area contributed by atoms with Gasteiger partial charge in [-0.15, -0.1) is 6.58 Å². The summed E-state index contributed by atoms with van der Waals surface area (Å²) < 4.78 is 5.96. The first kappa shape index (κ1) is 14.1. The molecule has 17 heavy (non-hydrogen) atoms. The Labute approximate surface area is 110 Å². The summed E-state index contributed by atoms with van der Waals surface area (Å²) in [6.07, 6.45) is 3.54. The maximum Gasteiger partial charge on any atom is 0.172 e. The Hall–Kier alpha value is -1.00. The fraction of sp³-hybridized carbons (Fsp3) is 0.385. The lowest BCUT2D eigenvalue weighted by Gasteiger charge is -2.15. The van der Waals surface area contributed by atoms with Gasteiger partial charge in [0.15, 0.2) is 11.5 Å². The summed E-state index contributed by atoms with van der Waals surface area (Å²) in [7, 11) is 0. The van der Waals surface area contributed by atoms with Crippen molar-refractivity contribution in [3.05, 3.63) is 34.8 Å². The molecule has 94 valence electrons. The highest BCUT2D eigenvalue weighted by Gasteiger charge is 2.13. The molecule has 0 radical (unpaired) electrons. The van der Waals surface area contributed by atoms with Gasteiger partial charge in [0.1, 0.15) is 0 Å². The highest BCUT2D eigenvalue weighted by Crippen LogP contribution is 2.37. The third-order valence-corrected chi connectivity index (χ3v) is 3.07. The summed E-state index contributed by atoms with van der Waals surface area (Å²) >= 11 is 3.30. The summed E-state index contributed by atoms with van der Waals surface area (Å²) in [5, 5.41) is 9.78. The summed E-state index contributed by atoms with van der Waals surface area (Å²) in [4.78, 5) is 0. The van der Waals surface area contributed by atoms with Crippen molar-refractivity contribution in [1.29, 1.82) is 0 Å². The van der Waals surface area contributed by atoms with Crippen molar-refractivity contribution in [1.82, 2.24) is 0 Å². The first-order chi connectivity index (χ1) is 8.10. The van der Waals surface area contributed by atoms with Gasteiger partial charge in [-0.25, -0.2) is 0 Å². The minimum atomic E-state index is -0.0795. The molecule has 0 aliphatic heterocycles. The number of phenolic OH excluding ortho intramolecular Hbond substituents is 1. The van der Waals surface area contributed by atoms with Crippen LogP contribution in [-0.4, -0.2) is 11.7 Å². The number of halogens is 1. The maximum atomic E-state index is 9.78. The molecule has 0 spiro atoms. The van der Waals surface area contributed by atoms with Crippen LogP contribution in [0, 0.1) is 0 Å². The van der Waals surface area contributed by atoms with E-state index in [4.69, 9.17) is 10.5 Å². The van der Waals surface area contributed by atoms with Gasteiger partial charge in [-0.3, -0.25) is 0 Å². The Morgan fingerprint density at radius 3 is 2.88 bits per heavy atom. The summed E-state index contributed by atoms with van der Waals surface area (Å²) in [6.45, 7) is 6.05. The van der Waals surface area contributed by atoms with E-state index in [1.165, 1.54) is 0 Å². The third-order valence-electron chi connectivity index (χ3n) is 2.46. The number of phenols is 1. The third kappa shape index (κ3) is 3.75. The first-order valence-electron chi connectivity index (χ1n) is 5.61. The van der Waals surface area contributed by atoms with Crippen molar-refractivity contribution in [2.75, 3.05) is 6.61 Å². The molecule has 1 atom stereocenters. The zero-order chi connectivity index (χ0) is 12.8. The van der Waals surface area contributed by atoms with Gasteiger partial charge in [-0.2, -0.15) is 0 Å². The van der Waals surface area contributed by atoms with Gasteiger partial charge in [0.25, 0.3) is 0 Å². The van der Waals surface area contributed by atoms with Crippen molar-refractivity contribution >= 4 is 15.9 Å². The monoisotopic (exact) mass is 299 g/mol. The van der Waals surface area contributed by atoms with Gasteiger partial charge in [-0.1, -0.05) is 6.08 Å². The molecule has 0 heterocycles. The number of rotatable bonds is 6. The standard InChI is InChI=1S/C13H18BrNO2/c1-3-5-6-11(15)9-7-10(14)13(16)12(8-9)17-4-2/h3,7-8,11,16H,1,4-6,15H2,2H3/t11-/m1/s1. The van der Waals surface area contributed by atoms with Crippen LogP contribution in [0.4, 0.5) is 0 Å². The second kappa shape index (κ2) is 6.67.